The Labute approximate surface area is 184 Å². The number of anilines is 2. The molecular formula is C22H23ClN4O4. The van der Waals surface area contributed by atoms with Gasteiger partial charge in [-0.05, 0) is 24.6 Å². The predicted molar refractivity (Wildman–Crippen MR) is 118 cm³/mol. The summed E-state index contributed by atoms with van der Waals surface area (Å²) >= 11 is 6.47. The first-order valence-corrected chi connectivity index (χ1v) is 10.2. The summed E-state index contributed by atoms with van der Waals surface area (Å²) in [4.78, 5) is 8.38. The number of aliphatic hydroxyl groups is 3. The fraction of sp³-hybridized carbons (Fsp3) is 0.273. The van der Waals surface area contributed by atoms with Crippen molar-refractivity contribution in [2.75, 3.05) is 17.7 Å². The number of benzene rings is 2. The standard InChI is InChI=1S/C22H23ClN4O4/c23-20-17(14-8-4-5-9-16(14)31-13-6-2-1-3-7-13)21(27-22(24)26-20)25-15-10-12(11-28)18(29)19(15)30/h1-9,12,15,18-19,28-30H,10-11H2,(H3,24,25,26,27)/t12-,15-,18-,19+/m1/s1. The number of halogens is 1. The molecule has 2 aromatic carbocycles. The van der Waals surface area contributed by atoms with Gasteiger partial charge in [0.25, 0.3) is 0 Å². The largest absolute Gasteiger partial charge is 0.457 e. The van der Waals surface area contributed by atoms with Gasteiger partial charge in [-0.25, -0.2) is 4.98 Å². The summed E-state index contributed by atoms with van der Waals surface area (Å²) in [5, 5.41) is 33.3. The summed E-state index contributed by atoms with van der Waals surface area (Å²) in [5.41, 5.74) is 6.91. The molecule has 0 amide bonds. The normalized spacial score (nSPS) is 23.0. The van der Waals surface area contributed by atoms with Gasteiger partial charge >= 0.3 is 0 Å². The molecule has 0 unspecified atom stereocenters. The zero-order valence-corrected chi connectivity index (χ0v) is 17.3. The van der Waals surface area contributed by atoms with Crippen molar-refractivity contribution >= 4 is 23.4 Å². The average molecular weight is 443 g/mol. The second-order valence-electron chi connectivity index (χ2n) is 7.42. The minimum absolute atomic E-state index is 0.0375. The van der Waals surface area contributed by atoms with E-state index in [1.807, 2.05) is 48.5 Å². The molecule has 0 spiro atoms. The number of nitrogens with one attached hydrogen (secondary N) is 1. The van der Waals surface area contributed by atoms with Crippen LogP contribution < -0.4 is 15.8 Å². The minimum atomic E-state index is -1.09. The van der Waals surface area contributed by atoms with Gasteiger partial charge in [-0.2, -0.15) is 4.98 Å². The number of hydrogen-bond donors (Lipinski definition) is 5. The Hall–Kier alpha value is -2.91. The lowest BCUT2D eigenvalue weighted by Crippen LogP contribution is -2.35. The lowest BCUT2D eigenvalue weighted by Gasteiger charge is -2.21. The quantitative estimate of drug-likeness (QED) is 0.368. The molecule has 1 saturated carbocycles. The average Bonchev–Trinajstić information content (AvgIpc) is 3.03. The first-order chi connectivity index (χ1) is 15.0. The van der Waals surface area contributed by atoms with Gasteiger partial charge in [0.1, 0.15) is 28.6 Å². The molecule has 1 aliphatic rings. The lowest BCUT2D eigenvalue weighted by molar-refractivity contribution is 0.00446. The van der Waals surface area contributed by atoms with E-state index in [9.17, 15) is 15.3 Å². The molecule has 8 nitrogen and oxygen atoms in total. The van der Waals surface area contributed by atoms with E-state index in [0.717, 1.165) is 0 Å². The third-order valence-corrected chi connectivity index (χ3v) is 5.64. The summed E-state index contributed by atoms with van der Waals surface area (Å²) in [6.07, 6.45) is -1.79. The molecule has 1 fully saturated rings. The van der Waals surface area contributed by atoms with Crippen LogP contribution in [0.1, 0.15) is 6.42 Å². The van der Waals surface area contributed by atoms with E-state index in [1.165, 1.54) is 0 Å². The Kier molecular flexibility index (Phi) is 6.24. The van der Waals surface area contributed by atoms with Crippen LogP contribution in [0.2, 0.25) is 5.15 Å². The van der Waals surface area contributed by atoms with Crippen molar-refractivity contribution in [2.45, 2.75) is 24.7 Å². The first-order valence-electron chi connectivity index (χ1n) is 9.86. The molecule has 0 aliphatic heterocycles. The van der Waals surface area contributed by atoms with Gasteiger partial charge in [-0.1, -0.05) is 48.0 Å². The van der Waals surface area contributed by atoms with Crippen molar-refractivity contribution in [1.29, 1.82) is 0 Å². The second-order valence-corrected chi connectivity index (χ2v) is 7.78. The number of aliphatic hydroxyl groups excluding tert-OH is 3. The van der Waals surface area contributed by atoms with Crippen molar-refractivity contribution in [1.82, 2.24) is 9.97 Å². The monoisotopic (exact) mass is 442 g/mol. The third-order valence-electron chi connectivity index (χ3n) is 5.37. The molecule has 0 radical (unpaired) electrons. The molecule has 4 atom stereocenters. The fourth-order valence-corrected chi connectivity index (χ4v) is 4.07. The lowest BCUT2D eigenvalue weighted by atomic mass is 10.1. The van der Waals surface area contributed by atoms with Crippen molar-refractivity contribution < 1.29 is 20.1 Å². The highest BCUT2D eigenvalue weighted by atomic mass is 35.5. The van der Waals surface area contributed by atoms with Crippen LogP contribution in [-0.4, -0.2) is 50.1 Å². The number of nitrogens with two attached hydrogens (primary N) is 1. The van der Waals surface area contributed by atoms with E-state index in [2.05, 4.69) is 15.3 Å². The maximum Gasteiger partial charge on any atom is 0.223 e. The summed E-state index contributed by atoms with van der Waals surface area (Å²) in [6, 6.07) is 16.0. The maximum absolute atomic E-state index is 10.4. The Bertz CT molecular complexity index is 1050. The van der Waals surface area contributed by atoms with Gasteiger partial charge in [0.05, 0.1) is 17.7 Å². The minimum Gasteiger partial charge on any atom is -0.457 e. The Morgan fingerprint density at radius 3 is 2.45 bits per heavy atom. The van der Waals surface area contributed by atoms with E-state index in [1.54, 1.807) is 6.07 Å². The summed E-state index contributed by atoms with van der Waals surface area (Å²) < 4.78 is 6.05. The molecule has 6 N–H and O–H groups in total. The number of ether oxygens (including phenoxy) is 1. The molecule has 9 heteroatoms. The van der Waals surface area contributed by atoms with Crippen molar-refractivity contribution in [3.63, 3.8) is 0 Å². The molecule has 4 rings (SSSR count). The van der Waals surface area contributed by atoms with E-state index in [4.69, 9.17) is 22.1 Å². The Morgan fingerprint density at radius 1 is 1.03 bits per heavy atom. The zero-order valence-electron chi connectivity index (χ0n) is 16.5. The van der Waals surface area contributed by atoms with Crippen LogP contribution in [0.25, 0.3) is 11.1 Å². The van der Waals surface area contributed by atoms with Crippen LogP contribution in [0, 0.1) is 5.92 Å². The van der Waals surface area contributed by atoms with Crippen LogP contribution in [-0.2, 0) is 0 Å². The molecule has 31 heavy (non-hydrogen) atoms. The van der Waals surface area contributed by atoms with Crippen LogP contribution in [0.3, 0.4) is 0 Å². The topological polar surface area (TPSA) is 134 Å². The molecule has 0 bridgehead atoms. The molecule has 0 saturated heterocycles. The molecule has 1 aliphatic carbocycles. The van der Waals surface area contributed by atoms with Gasteiger partial charge in [0.15, 0.2) is 0 Å². The van der Waals surface area contributed by atoms with Gasteiger partial charge < -0.3 is 31.1 Å². The number of para-hydroxylation sites is 2. The van der Waals surface area contributed by atoms with Gasteiger partial charge in [-0.15, -0.1) is 0 Å². The molecule has 3 aromatic rings. The van der Waals surface area contributed by atoms with E-state index >= 15 is 0 Å². The van der Waals surface area contributed by atoms with Crippen LogP contribution in [0.5, 0.6) is 11.5 Å². The van der Waals surface area contributed by atoms with Crippen molar-refractivity contribution in [3.05, 3.63) is 59.8 Å². The summed E-state index contributed by atoms with van der Waals surface area (Å²) in [6.45, 7) is -0.232. The molecular weight excluding hydrogens is 420 g/mol. The number of hydrogen-bond acceptors (Lipinski definition) is 8. The predicted octanol–water partition coefficient (Wildman–Crippen LogP) is 2.69. The molecule has 1 aromatic heterocycles. The first kappa shape index (κ1) is 21.3. The molecule has 162 valence electrons. The fourth-order valence-electron chi connectivity index (χ4n) is 3.79. The van der Waals surface area contributed by atoms with Gasteiger partial charge in [0.2, 0.25) is 5.95 Å². The maximum atomic E-state index is 10.4. The number of nitrogens with zero attached hydrogens (tertiary/aromatic N) is 2. The Morgan fingerprint density at radius 2 is 1.74 bits per heavy atom. The number of aromatic nitrogens is 2. The number of nitrogen functional groups attached to an aromatic ring is 1. The SMILES string of the molecule is Nc1nc(Cl)c(-c2ccccc2Oc2ccccc2)c(N[C@@H]2C[C@H](CO)[C@@H](O)[C@H]2O)n1. The van der Waals surface area contributed by atoms with Crippen LogP contribution in [0.4, 0.5) is 11.8 Å². The highest BCUT2D eigenvalue weighted by molar-refractivity contribution is 6.33. The van der Waals surface area contributed by atoms with Gasteiger partial charge in [0, 0.05) is 18.1 Å². The van der Waals surface area contributed by atoms with Gasteiger partial charge in [-0.3, -0.25) is 0 Å². The molecule has 1 heterocycles. The van der Waals surface area contributed by atoms with Crippen molar-refractivity contribution in [2.24, 2.45) is 5.92 Å². The number of rotatable bonds is 6. The smallest absolute Gasteiger partial charge is 0.223 e. The van der Waals surface area contributed by atoms with E-state index in [0.29, 0.717) is 34.9 Å². The summed E-state index contributed by atoms with van der Waals surface area (Å²) in [5.74, 6) is 1.00. The zero-order chi connectivity index (χ0) is 22.0. The van der Waals surface area contributed by atoms with Crippen molar-refractivity contribution in [3.8, 4) is 22.6 Å². The van der Waals surface area contributed by atoms with E-state index < -0.39 is 24.2 Å². The van der Waals surface area contributed by atoms with Crippen LogP contribution >= 0.6 is 11.6 Å². The van der Waals surface area contributed by atoms with Crippen LogP contribution in [0.15, 0.2) is 54.6 Å². The highest BCUT2D eigenvalue weighted by Crippen LogP contribution is 2.41. The Balaban J connectivity index is 1.73. The van der Waals surface area contributed by atoms with E-state index in [-0.39, 0.29) is 17.7 Å². The summed E-state index contributed by atoms with van der Waals surface area (Å²) in [7, 11) is 0. The third kappa shape index (κ3) is 4.42. The second kappa shape index (κ2) is 9.07. The highest BCUT2D eigenvalue weighted by Gasteiger charge is 2.41.